The first-order valence-electron chi connectivity index (χ1n) is 12.5. The summed E-state index contributed by atoms with van der Waals surface area (Å²) in [6.45, 7) is 3.99. The zero-order valence-electron chi connectivity index (χ0n) is 21.2. The van der Waals surface area contributed by atoms with Crippen molar-refractivity contribution in [2.45, 2.75) is 13.8 Å². The predicted molar refractivity (Wildman–Crippen MR) is 156 cm³/mol. The number of benzene rings is 6. The minimum absolute atomic E-state index is 0.231. The van der Waals surface area contributed by atoms with Gasteiger partial charge in [0.05, 0.1) is 11.4 Å². The van der Waals surface area contributed by atoms with Crippen molar-refractivity contribution in [1.29, 1.82) is 0 Å². The summed E-state index contributed by atoms with van der Waals surface area (Å²) in [7, 11) is 0. The van der Waals surface area contributed by atoms with Crippen molar-refractivity contribution in [3.63, 3.8) is 0 Å². The van der Waals surface area contributed by atoms with Crippen LogP contribution in [-0.4, -0.2) is 10.2 Å². The van der Waals surface area contributed by atoms with Crippen LogP contribution in [0.3, 0.4) is 0 Å². The zero-order chi connectivity index (χ0) is 26.2. The van der Waals surface area contributed by atoms with Gasteiger partial charge in [0.2, 0.25) is 0 Å². The van der Waals surface area contributed by atoms with Crippen LogP contribution in [0.1, 0.15) is 11.1 Å². The molecule has 0 atom stereocenters. The number of hydrogen-bond acceptors (Lipinski definition) is 4. The van der Waals surface area contributed by atoms with Gasteiger partial charge < -0.3 is 10.2 Å². The Bertz CT molecular complexity index is 1730. The second kappa shape index (κ2) is 9.49. The fraction of sp³-hybridized carbons (Fsp3) is 0.0588. The van der Waals surface area contributed by atoms with E-state index < -0.39 is 0 Å². The van der Waals surface area contributed by atoms with Crippen molar-refractivity contribution in [1.82, 2.24) is 0 Å². The van der Waals surface area contributed by atoms with Crippen LogP contribution < -0.4 is 0 Å². The lowest BCUT2D eigenvalue weighted by atomic mass is 9.98. The number of aryl methyl sites for hydroxylation is 2. The van der Waals surface area contributed by atoms with Gasteiger partial charge in [-0.2, -0.15) is 10.2 Å². The lowest BCUT2D eigenvalue weighted by Gasteiger charge is -2.10. The summed E-state index contributed by atoms with van der Waals surface area (Å²) in [6, 6.07) is 35.4. The number of rotatable bonds is 4. The molecule has 6 aromatic rings. The molecule has 4 heteroatoms. The second-order valence-corrected chi connectivity index (χ2v) is 9.64. The molecule has 6 aromatic carbocycles. The van der Waals surface area contributed by atoms with Crippen LogP contribution in [-0.2, 0) is 0 Å². The molecule has 0 aliphatic rings. The third-order valence-electron chi connectivity index (χ3n) is 7.03. The average molecular weight is 495 g/mol. The molecular weight excluding hydrogens is 468 g/mol. The van der Waals surface area contributed by atoms with Crippen molar-refractivity contribution in [3.05, 3.63) is 120 Å². The van der Waals surface area contributed by atoms with E-state index in [1.54, 1.807) is 12.1 Å². The van der Waals surface area contributed by atoms with E-state index in [1.807, 2.05) is 111 Å². The maximum Gasteiger partial charge on any atom is 0.124 e. The Balaban J connectivity index is 1.37. The molecule has 0 fully saturated rings. The predicted octanol–water partition coefficient (Wildman–Crippen LogP) is 9.77. The zero-order valence-corrected chi connectivity index (χ0v) is 21.2. The van der Waals surface area contributed by atoms with Crippen LogP contribution in [0.2, 0.25) is 0 Å². The van der Waals surface area contributed by atoms with Crippen molar-refractivity contribution in [3.8, 4) is 33.8 Å². The van der Waals surface area contributed by atoms with E-state index in [1.165, 1.54) is 0 Å². The van der Waals surface area contributed by atoms with E-state index in [-0.39, 0.29) is 11.5 Å². The molecule has 4 nitrogen and oxygen atoms in total. The maximum atomic E-state index is 10.7. The molecular formula is C34H26N2O2. The molecule has 0 radical (unpaired) electrons. The largest absolute Gasteiger partial charge is 0.507 e. The SMILES string of the molecule is Cc1ccc(-c2cc3ccccc3cc2O)cc1N=Nc1cc(-c2cc3ccccc3cc2O)ccc1C. The molecule has 0 amide bonds. The summed E-state index contributed by atoms with van der Waals surface area (Å²) in [5.41, 5.74) is 6.69. The fourth-order valence-electron chi connectivity index (χ4n) is 4.80. The van der Waals surface area contributed by atoms with Crippen LogP contribution in [0.15, 0.2) is 119 Å². The van der Waals surface area contributed by atoms with Crippen LogP contribution in [0, 0.1) is 13.8 Å². The minimum atomic E-state index is 0.231. The van der Waals surface area contributed by atoms with Crippen molar-refractivity contribution < 1.29 is 10.2 Å². The third-order valence-corrected chi connectivity index (χ3v) is 7.03. The van der Waals surface area contributed by atoms with Crippen molar-refractivity contribution in [2.24, 2.45) is 10.2 Å². The van der Waals surface area contributed by atoms with E-state index in [9.17, 15) is 10.2 Å². The summed E-state index contributed by atoms with van der Waals surface area (Å²) in [4.78, 5) is 0. The smallest absolute Gasteiger partial charge is 0.124 e. The Morgan fingerprint density at radius 3 is 1.21 bits per heavy atom. The van der Waals surface area contributed by atoms with Gasteiger partial charge in [-0.25, -0.2) is 0 Å². The Kier molecular flexibility index (Phi) is 5.85. The quantitative estimate of drug-likeness (QED) is 0.240. The van der Waals surface area contributed by atoms with Crippen molar-refractivity contribution in [2.75, 3.05) is 0 Å². The highest BCUT2D eigenvalue weighted by molar-refractivity contribution is 5.92. The average Bonchev–Trinajstić information content (AvgIpc) is 2.93. The Morgan fingerprint density at radius 1 is 0.447 bits per heavy atom. The fourth-order valence-corrected chi connectivity index (χ4v) is 4.80. The number of phenolic OH excluding ortho intramolecular Hbond substituents is 2. The highest BCUT2D eigenvalue weighted by atomic mass is 16.3. The molecule has 0 saturated heterocycles. The lowest BCUT2D eigenvalue weighted by Crippen LogP contribution is -1.84. The van der Waals surface area contributed by atoms with Gasteiger partial charge in [0.25, 0.3) is 0 Å². The van der Waals surface area contributed by atoms with E-state index in [4.69, 9.17) is 0 Å². The van der Waals surface area contributed by atoms with Gasteiger partial charge in [-0.1, -0.05) is 72.8 Å². The minimum Gasteiger partial charge on any atom is -0.507 e. The molecule has 0 aromatic heterocycles. The molecule has 6 rings (SSSR count). The summed E-state index contributed by atoms with van der Waals surface area (Å²) in [5, 5.41) is 34.8. The topological polar surface area (TPSA) is 65.2 Å². The van der Waals surface area contributed by atoms with Gasteiger partial charge in [-0.15, -0.1) is 0 Å². The molecule has 0 saturated carbocycles. The number of azo groups is 1. The van der Waals surface area contributed by atoms with Crippen LogP contribution in [0.25, 0.3) is 43.8 Å². The van der Waals surface area contributed by atoms with E-state index >= 15 is 0 Å². The highest BCUT2D eigenvalue weighted by Crippen LogP contribution is 2.38. The molecule has 38 heavy (non-hydrogen) atoms. The summed E-state index contributed by atoms with van der Waals surface area (Å²) >= 11 is 0. The standard InChI is InChI=1S/C34H26N2O2/c1-21-11-13-27(29-15-23-7-3-5-9-25(23)19-33(29)37)17-31(21)35-36-32-18-28(14-12-22(32)2)30-16-24-8-4-6-10-26(24)20-34(30)38/h3-20,37-38H,1-2H3. The first-order valence-corrected chi connectivity index (χ1v) is 12.5. The maximum absolute atomic E-state index is 10.7. The summed E-state index contributed by atoms with van der Waals surface area (Å²) in [5.74, 6) is 0.461. The Hall–Kier alpha value is -4.96. The van der Waals surface area contributed by atoms with Gasteiger partial charge in [0.1, 0.15) is 11.5 Å². The third kappa shape index (κ3) is 4.37. The molecule has 2 N–H and O–H groups in total. The van der Waals surface area contributed by atoms with Crippen LogP contribution in [0.4, 0.5) is 11.4 Å². The molecule has 0 aliphatic heterocycles. The van der Waals surface area contributed by atoms with E-state index in [2.05, 4.69) is 10.2 Å². The molecule has 0 aliphatic carbocycles. The van der Waals surface area contributed by atoms with Gasteiger partial charge >= 0.3 is 0 Å². The Morgan fingerprint density at radius 2 is 0.816 bits per heavy atom. The molecule has 0 heterocycles. The van der Waals surface area contributed by atoms with Gasteiger partial charge in [-0.05, 0) is 94.0 Å². The highest BCUT2D eigenvalue weighted by Gasteiger charge is 2.11. The first kappa shape index (κ1) is 23.4. The molecule has 0 bridgehead atoms. The number of fused-ring (bicyclic) bond motifs is 2. The molecule has 184 valence electrons. The molecule has 0 spiro atoms. The normalized spacial score (nSPS) is 11.5. The number of phenols is 2. The monoisotopic (exact) mass is 494 g/mol. The molecule has 0 unspecified atom stereocenters. The summed E-state index contributed by atoms with van der Waals surface area (Å²) < 4.78 is 0. The second-order valence-electron chi connectivity index (χ2n) is 9.64. The number of nitrogens with zero attached hydrogens (tertiary/aromatic N) is 2. The van der Waals surface area contributed by atoms with Gasteiger partial charge in [0.15, 0.2) is 0 Å². The van der Waals surface area contributed by atoms with Gasteiger partial charge in [-0.3, -0.25) is 0 Å². The van der Waals surface area contributed by atoms with Crippen molar-refractivity contribution >= 4 is 32.9 Å². The number of hydrogen-bond donors (Lipinski definition) is 2. The van der Waals surface area contributed by atoms with Crippen LogP contribution >= 0.6 is 0 Å². The van der Waals surface area contributed by atoms with E-state index in [0.717, 1.165) is 66.3 Å². The van der Waals surface area contributed by atoms with Crippen LogP contribution in [0.5, 0.6) is 11.5 Å². The first-order chi connectivity index (χ1) is 18.5. The van der Waals surface area contributed by atoms with Gasteiger partial charge in [0, 0.05) is 11.1 Å². The lowest BCUT2D eigenvalue weighted by molar-refractivity contribution is 0.477. The summed E-state index contributed by atoms with van der Waals surface area (Å²) in [6.07, 6.45) is 0. The van der Waals surface area contributed by atoms with E-state index in [0.29, 0.717) is 0 Å². The Labute approximate surface area is 221 Å². The number of aromatic hydroxyl groups is 2.